The van der Waals surface area contributed by atoms with Crippen LogP contribution in [-0.4, -0.2) is 59.5 Å². The first-order chi connectivity index (χ1) is 14.6. The lowest BCUT2D eigenvalue weighted by molar-refractivity contribution is -0.134. The van der Waals surface area contributed by atoms with Crippen molar-refractivity contribution < 1.29 is 9.18 Å². The Balaban J connectivity index is 1.28. The van der Waals surface area contributed by atoms with Gasteiger partial charge in [0.2, 0.25) is 5.91 Å². The molecule has 3 atom stereocenters. The molecule has 0 saturated carbocycles. The topological polar surface area (TPSA) is 60.5 Å². The first kappa shape index (κ1) is 20.9. The molecule has 1 aromatic carbocycles. The number of rotatable bonds is 6. The molecule has 0 radical (unpaired) electrons. The number of halogens is 1. The van der Waals surface area contributed by atoms with Crippen molar-refractivity contribution >= 4 is 5.91 Å². The lowest BCUT2D eigenvalue weighted by Gasteiger charge is -2.35. The molecule has 1 amide bonds. The largest absolute Gasteiger partial charge is 0.340 e. The van der Waals surface area contributed by atoms with Crippen molar-refractivity contribution in [2.45, 2.75) is 31.8 Å². The third kappa shape index (κ3) is 5.03. The average Bonchev–Trinajstić information content (AvgIpc) is 3.14. The van der Waals surface area contributed by atoms with Crippen LogP contribution in [0.15, 0.2) is 48.8 Å². The van der Waals surface area contributed by atoms with E-state index < -0.39 is 0 Å². The highest BCUT2D eigenvalue weighted by Crippen LogP contribution is 2.32. The highest BCUT2D eigenvalue weighted by atomic mass is 19.1. The van der Waals surface area contributed by atoms with Crippen LogP contribution in [0.1, 0.15) is 30.5 Å². The van der Waals surface area contributed by atoms with Crippen LogP contribution in [-0.2, 0) is 11.2 Å². The molecule has 4 rings (SSSR count). The standard InChI is InChI=1S/C23H30FN5O/c1-17-21(23(27-26-17)19-2-4-20(24)5-3-19)16-22(30)29-14-12-28(13-15-29)11-8-18-6-9-25-10-7-18/h2-7,9-10,17,21,23,26-27H,8,11-16H2,1H3. The first-order valence-corrected chi connectivity index (χ1v) is 10.8. The summed E-state index contributed by atoms with van der Waals surface area (Å²) in [7, 11) is 0. The smallest absolute Gasteiger partial charge is 0.223 e. The number of hydrogen-bond donors (Lipinski definition) is 2. The van der Waals surface area contributed by atoms with Crippen molar-refractivity contribution in [2.75, 3.05) is 32.7 Å². The van der Waals surface area contributed by atoms with E-state index in [-0.39, 0.29) is 29.7 Å². The van der Waals surface area contributed by atoms with Gasteiger partial charge in [-0.05, 0) is 48.7 Å². The summed E-state index contributed by atoms with van der Waals surface area (Å²) in [5, 5.41) is 0. The number of nitrogens with zero attached hydrogens (tertiary/aromatic N) is 3. The molecule has 3 unspecified atom stereocenters. The first-order valence-electron chi connectivity index (χ1n) is 10.8. The van der Waals surface area contributed by atoms with Crippen LogP contribution in [0, 0.1) is 11.7 Å². The number of pyridine rings is 1. The summed E-state index contributed by atoms with van der Waals surface area (Å²) >= 11 is 0. The maximum Gasteiger partial charge on any atom is 0.223 e. The average molecular weight is 412 g/mol. The third-order valence-electron chi connectivity index (χ3n) is 6.37. The van der Waals surface area contributed by atoms with E-state index in [1.807, 2.05) is 17.3 Å². The lowest BCUT2D eigenvalue weighted by Crippen LogP contribution is -2.49. The second kappa shape index (κ2) is 9.64. The predicted octanol–water partition coefficient (Wildman–Crippen LogP) is 2.15. The molecule has 160 valence electrons. The van der Waals surface area contributed by atoms with Gasteiger partial charge in [-0.1, -0.05) is 12.1 Å². The molecular weight excluding hydrogens is 381 g/mol. The number of hydrogen-bond acceptors (Lipinski definition) is 5. The van der Waals surface area contributed by atoms with Crippen LogP contribution in [0.2, 0.25) is 0 Å². The molecule has 0 spiro atoms. The maximum absolute atomic E-state index is 13.3. The molecule has 7 heteroatoms. The predicted molar refractivity (Wildman–Crippen MR) is 114 cm³/mol. The molecule has 2 fully saturated rings. The summed E-state index contributed by atoms with van der Waals surface area (Å²) < 4.78 is 13.3. The monoisotopic (exact) mass is 411 g/mol. The van der Waals surface area contributed by atoms with Crippen LogP contribution < -0.4 is 10.9 Å². The van der Waals surface area contributed by atoms with Gasteiger partial charge in [0.25, 0.3) is 0 Å². The number of hydrazine groups is 1. The van der Waals surface area contributed by atoms with E-state index in [0.717, 1.165) is 44.7 Å². The number of amides is 1. The zero-order valence-corrected chi connectivity index (χ0v) is 17.4. The van der Waals surface area contributed by atoms with Crippen molar-refractivity contribution in [2.24, 2.45) is 5.92 Å². The van der Waals surface area contributed by atoms with Crippen molar-refractivity contribution in [3.63, 3.8) is 0 Å². The number of piperazine rings is 1. The molecule has 30 heavy (non-hydrogen) atoms. The van der Waals surface area contributed by atoms with Crippen LogP contribution in [0.5, 0.6) is 0 Å². The van der Waals surface area contributed by atoms with Crippen molar-refractivity contribution in [1.29, 1.82) is 0 Å². The lowest BCUT2D eigenvalue weighted by atomic mass is 9.87. The highest BCUT2D eigenvalue weighted by molar-refractivity contribution is 5.76. The van der Waals surface area contributed by atoms with E-state index in [4.69, 9.17) is 0 Å². The maximum atomic E-state index is 13.3. The third-order valence-corrected chi connectivity index (χ3v) is 6.37. The van der Waals surface area contributed by atoms with Gasteiger partial charge in [0.15, 0.2) is 0 Å². The Kier molecular flexibility index (Phi) is 6.72. The molecule has 2 aromatic rings. The molecule has 2 aliphatic rings. The van der Waals surface area contributed by atoms with Crippen LogP contribution in [0.25, 0.3) is 0 Å². The minimum Gasteiger partial charge on any atom is -0.340 e. The van der Waals surface area contributed by atoms with E-state index in [2.05, 4.69) is 39.8 Å². The van der Waals surface area contributed by atoms with E-state index in [9.17, 15) is 9.18 Å². The second-order valence-corrected chi connectivity index (χ2v) is 8.30. The van der Waals surface area contributed by atoms with Gasteiger partial charge in [0.05, 0.1) is 6.04 Å². The Morgan fingerprint density at radius 1 is 1.07 bits per heavy atom. The zero-order valence-electron chi connectivity index (χ0n) is 17.4. The number of aromatic nitrogens is 1. The summed E-state index contributed by atoms with van der Waals surface area (Å²) in [6, 6.07) is 10.8. The number of carbonyl (C=O) groups excluding carboxylic acids is 1. The molecule has 6 nitrogen and oxygen atoms in total. The quantitative estimate of drug-likeness (QED) is 0.763. The fourth-order valence-corrected chi connectivity index (χ4v) is 4.41. The summed E-state index contributed by atoms with van der Waals surface area (Å²) in [4.78, 5) is 21.5. The second-order valence-electron chi connectivity index (χ2n) is 8.30. The van der Waals surface area contributed by atoms with Crippen LogP contribution in [0.4, 0.5) is 4.39 Å². The van der Waals surface area contributed by atoms with Gasteiger partial charge in [-0.3, -0.25) is 20.1 Å². The normalized spacial score (nSPS) is 24.9. The van der Waals surface area contributed by atoms with E-state index in [1.165, 1.54) is 17.7 Å². The SMILES string of the molecule is CC1NNC(c2ccc(F)cc2)C1CC(=O)N1CCN(CCc2ccncc2)CC1. The minimum atomic E-state index is -0.243. The van der Waals surface area contributed by atoms with Gasteiger partial charge < -0.3 is 4.90 Å². The molecule has 2 N–H and O–H groups in total. The minimum absolute atomic E-state index is 0.00574. The Morgan fingerprint density at radius 3 is 2.47 bits per heavy atom. The zero-order chi connectivity index (χ0) is 20.9. The van der Waals surface area contributed by atoms with Gasteiger partial charge in [-0.2, -0.15) is 0 Å². The molecule has 2 saturated heterocycles. The van der Waals surface area contributed by atoms with Crippen molar-refractivity contribution in [1.82, 2.24) is 25.6 Å². The molecule has 3 heterocycles. The molecule has 0 aliphatic carbocycles. The molecular formula is C23H30FN5O. The summed E-state index contributed by atoms with van der Waals surface area (Å²) in [6.07, 6.45) is 5.16. The van der Waals surface area contributed by atoms with Crippen LogP contribution >= 0.6 is 0 Å². The van der Waals surface area contributed by atoms with E-state index in [1.54, 1.807) is 12.1 Å². The fourth-order valence-electron chi connectivity index (χ4n) is 4.41. The number of nitrogens with one attached hydrogen (secondary N) is 2. The Hall–Kier alpha value is -2.35. The van der Waals surface area contributed by atoms with E-state index in [0.29, 0.717) is 6.42 Å². The highest BCUT2D eigenvalue weighted by Gasteiger charge is 2.36. The van der Waals surface area contributed by atoms with Crippen molar-refractivity contribution in [3.8, 4) is 0 Å². The van der Waals surface area contributed by atoms with Gasteiger partial charge in [-0.15, -0.1) is 0 Å². The Bertz CT molecular complexity index is 823. The number of benzene rings is 1. The van der Waals surface area contributed by atoms with E-state index >= 15 is 0 Å². The Morgan fingerprint density at radius 2 is 1.77 bits per heavy atom. The number of carbonyl (C=O) groups is 1. The fraction of sp³-hybridized carbons (Fsp3) is 0.478. The summed E-state index contributed by atoms with van der Waals surface area (Å²) in [6.45, 7) is 6.47. The van der Waals surface area contributed by atoms with Gasteiger partial charge in [0, 0.05) is 63.5 Å². The molecule has 1 aromatic heterocycles. The summed E-state index contributed by atoms with van der Waals surface area (Å²) in [5.41, 5.74) is 8.84. The van der Waals surface area contributed by atoms with Crippen molar-refractivity contribution in [3.05, 3.63) is 65.7 Å². The molecule has 0 bridgehead atoms. The Labute approximate surface area is 177 Å². The summed E-state index contributed by atoms with van der Waals surface area (Å²) in [5.74, 6) is 0.0955. The molecule has 2 aliphatic heterocycles. The van der Waals surface area contributed by atoms with Gasteiger partial charge in [0.1, 0.15) is 5.82 Å². The van der Waals surface area contributed by atoms with Gasteiger partial charge in [-0.25, -0.2) is 9.82 Å². The van der Waals surface area contributed by atoms with Crippen LogP contribution in [0.3, 0.4) is 0 Å². The van der Waals surface area contributed by atoms with Gasteiger partial charge >= 0.3 is 0 Å².